The van der Waals surface area contributed by atoms with Crippen molar-refractivity contribution in [1.82, 2.24) is 0 Å². The van der Waals surface area contributed by atoms with Gasteiger partial charge in [0, 0.05) is 49.0 Å². The lowest BCUT2D eigenvalue weighted by Gasteiger charge is -2.64. The summed E-state index contributed by atoms with van der Waals surface area (Å²) in [5.74, 6) is -26.8. The Labute approximate surface area is 628 Å². The number of rotatable bonds is 30. The Morgan fingerprint density at radius 2 is 0.673 bits per heavy atom. The van der Waals surface area contributed by atoms with E-state index in [1.807, 2.05) is 0 Å². The van der Waals surface area contributed by atoms with Gasteiger partial charge in [0.1, 0.15) is 57.5 Å². The van der Waals surface area contributed by atoms with Gasteiger partial charge in [-0.1, -0.05) is 76.2 Å². The summed E-state index contributed by atoms with van der Waals surface area (Å²) in [6.07, 6.45) is -2.94. The second-order valence-corrected chi connectivity index (χ2v) is 36.0. The van der Waals surface area contributed by atoms with Crippen LogP contribution in [0.5, 0.6) is 0 Å². The van der Waals surface area contributed by atoms with Gasteiger partial charge in [-0.3, -0.25) is 9.59 Å². The number of carbonyl (C=O) groups excluding carboxylic acids is 1. The van der Waals surface area contributed by atoms with Gasteiger partial charge >= 0.3 is 11.9 Å². The molecule has 33 nitrogen and oxygen atoms in total. The lowest BCUT2D eigenvalue weighted by atomic mass is 9.58. The van der Waals surface area contributed by atoms with E-state index >= 15 is 0 Å². The molecule has 0 aromatic rings. The van der Waals surface area contributed by atoms with Crippen molar-refractivity contribution < 1.29 is 163 Å². The molecule has 6 saturated heterocycles. The van der Waals surface area contributed by atoms with Crippen LogP contribution in [0.25, 0.3) is 0 Å². The molecular formula is C74H134O33. The number of aliphatic hydroxyl groups excluding tert-OH is 4. The number of hydrogen-bond acceptors (Lipinski definition) is 32. The standard InChI is InChI=1S/C74H134O33/c1-26-69(89)66(22,87)47(6)63(19,84)58(14,103-69)40-97-35-52(8)43(2)60(16,102-51(81)28-27-50(79)80)49(101-70(52,90)30-75)29-96-34-53(9)46(5)65(21,86)68(24,107-73(53,93)33-78)100-42-74(94)67(23,88)48(7)64(20,85)59(15,106-74)41-99-37-55(11)45(4)62(18,83)57(13,105-72(55,92)32-77)39-98-36-54(10)44(3)61(17,82)56(12,38-95-25)104-71(54,91)31-76/h43-49,75-78,82-94H,26-42H2,1-25H3,(H,79,80)/t43-,44-,45-,46-,47+,48+,49+,52-,53-,54-,55-,56+,57+,58+,59+,60?,61?,62?,63?,64?,65?,66-,67-,68-,69?,70?,71?,72?,73?,74?/m0/s1. The van der Waals surface area contributed by atoms with Crippen molar-refractivity contribution in [3.63, 3.8) is 0 Å². The monoisotopic (exact) mass is 1550 g/mol. The fourth-order valence-corrected chi connectivity index (χ4v) is 17.9. The Kier molecular flexibility index (Phi) is 25.8. The van der Waals surface area contributed by atoms with Gasteiger partial charge < -0.3 is 153 Å². The van der Waals surface area contributed by atoms with Crippen molar-refractivity contribution in [2.24, 2.45) is 57.2 Å². The third-order valence-corrected chi connectivity index (χ3v) is 30.0. The number of aliphatic carboxylic acids is 1. The molecule has 12 unspecified atom stereocenters. The number of carboxylic acid groups (broad SMARTS) is 1. The van der Waals surface area contributed by atoms with Gasteiger partial charge in [0.05, 0.1) is 143 Å². The largest absolute Gasteiger partial charge is 0.481 e. The lowest BCUT2D eigenvalue weighted by molar-refractivity contribution is -0.490. The molecule has 0 aromatic carbocycles. The molecule has 6 rings (SSSR count). The summed E-state index contributed by atoms with van der Waals surface area (Å²) in [7, 11) is 1.39. The van der Waals surface area contributed by atoms with Crippen LogP contribution in [0.3, 0.4) is 0 Å². The van der Waals surface area contributed by atoms with E-state index in [9.17, 15) is 102 Å². The number of carboxylic acids is 1. The fourth-order valence-electron chi connectivity index (χ4n) is 17.9. The molecule has 107 heavy (non-hydrogen) atoms. The van der Waals surface area contributed by atoms with E-state index in [1.54, 1.807) is 34.6 Å². The second kappa shape index (κ2) is 29.5. The van der Waals surface area contributed by atoms with Crippen molar-refractivity contribution in [3.8, 4) is 0 Å². The summed E-state index contributed by atoms with van der Waals surface area (Å²) in [6, 6.07) is 0. The Bertz CT molecular complexity index is 3140. The first kappa shape index (κ1) is 93.6. The molecule has 628 valence electrons. The third kappa shape index (κ3) is 14.0. The van der Waals surface area contributed by atoms with Crippen LogP contribution in [0.1, 0.15) is 185 Å². The minimum Gasteiger partial charge on any atom is -0.481 e. The molecule has 0 bridgehead atoms. The molecule has 0 aliphatic carbocycles. The van der Waals surface area contributed by atoms with Crippen LogP contribution in [-0.4, -0.2) is 317 Å². The van der Waals surface area contributed by atoms with Crippen molar-refractivity contribution >= 4 is 11.9 Å². The zero-order valence-electron chi connectivity index (χ0n) is 67.7. The SMILES string of the molecule is CCC1(O)O[C@](C)(COC[C@@]2(C)[C@H](C)C(C)(OC(=O)CCC(=O)O)[C@@H](COC[C@@]3(C)[C@H](C)C(C)(O)[C@@](C)(OCC4(O)O[C@](C)(COC[C@@]5(C)[C@H](C)C(C)(O)[C@@](C)(COC[C@@]6(C)[C@H](C)C(C)(O)[C@@](C)(COC)OC6(O)CO)OC5(O)CO)C(C)(O)[C@@H](C)[C@]4(C)O)OC3(O)CO)OC2(O)CO)C(C)(O)[C@@H](C)[C@]1(C)O. The highest BCUT2D eigenvalue weighted by Crippen LogP contribution is 2.62. The van der Waals surface area contributed by atoms with Gasteiger partial charge in [-0.2, -0.15) is 0 Å². The molecule has 0 amide bonds. The Morgan fingerprint density at radius 3 is 1.04 bits per heavy atom. The smallest absolute Gasteiger partial charge is 0.307 e. The van der Waals surface area contributed by atoms with E-state index in [1.165, 1.54) is 132 Å². The zero-order chi connectivity index (χ0) is 82.9. The maximum atomic E-state index is 13.7. The van der Waals surface area contributed by atoms with Gasteiger partial charge in [-0.15, -0.1) is 0 Å². The van der Waals surface area contributed by atoms with E-state index in [4.69, 9.17) is 61.6 Å². The molecule has 0 saturated carbocycles. The maximum Gasteiger partial charge on any atom is 0.307 e. The average molecular weight is 1550 g/mol. The highest BCUT2D eigenvalue weighted by Gasteiger charge is 2.76. The summed E-state index contributed by atoms with van der Waals surface area (Å²) in [5, 5.41) is 213. The molecule has 18 N–H and O–H groups in total. The minimum atomic E-state index is -2.90. The molecular weight excluding hydrogens is 1420 g/mol. The third-order valence-electron chi connectivity index (χ3n) is 30.0. The molecule has 0 aromatic heterocycles. The van der Waals surface area contributed by atoms with E-state index < -0.39 is 282 Å². The topological polar surface area (TPSA) is 518 Å². The van der Waals surface area contributed by atoms with Crippen LogP contribution in [0.15, 0.2) is 0 Å². The maximum absolute atomic E-state index is 13.7. The van der Waals surface area contributed by atoms with E-state index in [0.717, 1.165) is 6.92 Å². The molecule has 6 fully saturated rings. The average Bonchev–Trinajstić information content (AvgIpc) is 0.716. The molecule has 0 radical (unpaired) electrons. The number of carbonyl (C=O) groups is 2. The van der Waals surface area contributed by atoms with Crippen LogP contribution in [0, 0.1) is 57.2 Å². The van der Waals surface area contributed by atoms with Crippen molar-refractivity contribution in [2.45, 2.75) is 299 Å². The Morgan fingerprint density at radius 1 is 0.355 bits per heavy atom. The predicted octanol–water partition coefficient (Wildman–Crippen LogP) is -0.207. The van der Waals surface area contributed by atoms with Gasteiger partial charge in [0.25, 0.3) is 0 Å². The lowest BCUT2D eigenvalue weighted by Crippen LogP contribution is -2.79. The summed E-state index contributed by atoms with van der Waals surface area (Å²) in [6.45, 7) is 24.3. The molecule has 6 aliphatic heterocycles. The first-order chi connectivity index (χ1) is 48.0. The minimum absolute atomic E-state index is 0.100. The van der Waals surface area contributed by atoms with E-state index in [0.29, 0.717) is 0 Å². The Balaban J connectivity index is 1.21. The summed E-state index contributed by atoms with van der Waals surface area (Å²) in [5.41, 5.74) is -30.4. The first-order valence-corrected chi connectivity index (χ1v) is 36.9. The summed E-state index contributed by atoms with van der Waals surface area (Å²) < 4.78 is 80.5. The van der Waals surface area contributed by atoms with Crippen LogP contribution < -0.4 is 0 Å². The fraction of sp³-hybridized carbons (Fsp3) is 0.973. The number of hydrogen-bond donors (Lipinski definition) is 18. The van der Waals surface area contributed by atoms with Gasteiger partial charge in [0.15, 0.2) is 34.7 Å². The molecule has 6 heterocycles. The van der Waals surface area contributed by atoms with Gasteiger partial charge in [-0.05, 0) is 90.0 Å². The van der Waals surface area contributed by atoms with Crippen molar-refractivity contribution in [3.05, 3.63) is 0 Å². The van der Waals surface area contributed by atoms with Crippen LogP contribution in [-0.2, 0) is 71.2 Å². The normalized spacial score (nSPS) is 53.9. The van der Waals surface area contributed by atoms with Crippen LogP contribution >= 0.6 is 0 Å². The number of ether oxygens (including phenoxy) is 13. The number of methoxy groups -OCH3 is 1. The second-order valence-electron chi connectivity index (χ2n) is 36.0. The number of aliphatic hydroxyl groups is 17. The van der Waals surface area contributed by atoms with Crippen LogP contribution in [0.2, 0.25) is 0 Å². The van der Waals surface area contributed by atoms with Crippen molar-refractivity contribution in [2.75, 3.05) is 99.6 Å². The molecule has 30 atom stereocenters. The van der Waals surface area contributed by atoms with E-state index in [2.05, 4.69) is 0 Å². The highest BCUT2D eigenvalue weighted by molar-refractivity contribution is 5.76. The van der Waals surface area contributed by atoms with Crippen molar-refractivity contribution in [1.29, 1.82) is 0 Å². The zero-order valence-corrected chi connectivity index (χ0v) is 67.7. The Hall–Kier alpha value is -2.22. The van der Waals surface area contributed by atoms with Crippen LogP contribution in [0.4, 0.5) is 0 Å². The molecule has 33 heteroatoms. The summed E-state index contributed by atoms with van der Waals surface area (Å²) in [4.78, 5) is 25.4. The predicted molar refractivity (Wildman–Crippen MR) is 375 cm³/mol. The first-order valence-electron chi connectivity index (χ1n) is 36.9. The quantitative estimate of drug-likeness (QED) is 0.0414. The molecule has 0 spiro atoms. The van der Waals surface area contributed by atoms with E-state index in [-0.39, 0.29) is 13.0 Å². The van der Waals surface area contributed by atoms with Gasteiger partial charge in [-0.25, -0.2) is 0 Å². The molecule has 6 aliphatic rings. The summed E-state index contributed by atoms with van der Waals surface area (Å²) >= 11 is 0. The number of esters is 1. The highest BCUT2D eigenvalue weighted by atomic mass is 16.8. The van der Waals surface area contributed by atoms with Gasteiger partial charge in [0.2, 0.25) is 5.79 Å².